The smallest absolute Gasteiger partial charge is 0.165 e. The second kappa shape index (κ2) is 4.47. The van der Waals surface area contributed by atoms with Gasteiger partial charge in [0.2, 0.25) is 0 Å². The van der Waals surface area contributed by atoms with E-state index in [9.17, 15) is 8.42 Å². The van der Waals surface area contributed by atoms with E-state index in [0.717, 1.165) is 8.66 Å². The van der Waals surface area contributed by atoms with Crippen molar-refractivity contribution in [1.82, 2.24) is 0 Å². The third-order valence-corrected chi connectivity index (χ3v) is 7.74. The molecule has 8 heteroatoms. The van der Waals surface area contributed by atoms with Crippen LogP contribution in [0.25, 0.3) is 0 Å². The van der Waals surface area contributed by atoms with Crippen molar-refractivity contribution in [3.8, 4) is 0 Å². The van der Waals surface area contributed by atoms with Crippen molar-refractivity contribution in [2.75, 3.05) is 5.75 Å². The largest absolute Gasteiger partial charge is 0.386 e. The van der Waals surface area contributed by atoms with Crippen LogP contribution in [0.4, 0.5) is 0 Å². The number of amidine groups is 1. The molecule has 0 radical (unpaired) electrons. The van der Waals surface area contributed by atoms with Gasteiger partial charge in [0.05, 0.1) is 19.4 Å². The first-order chi connectivity index (χ1) is 8.15. The number of halogens is 2. The van der Waals surface area contributed by atoms with Gasteiger partial charge in [0.15, 0.2) is 9.84 Å². The average molecular weight is 372 g/mol. The molecule has 0 saturated carbocycles. The minimum atomic E-state index is -3.34. The van der Waals surface area contributed by atoms with E-state index in [1.807, 2.05) is 0 Å². The normalized spacial score (nSPS) is 25.8. The zero-order chi connectivity index (χ0) is 13.7. The van der Waals surface area contributed by atoms with Gasteiger partial charge in [0.25, 0.3) is 0 Å². The van der Waals surface area contributed by atoms with Gasteiger partial charge in [-0.05, 0) is 35.8 Å². The highest BCUT2D eigenvalue weighted by Crippen LogP contribution is 2.40. The molecule has 2 N–H and O–H groups in total. The van der Waals surface area contributed by atoms with Crippen LogP contribution in [0.15, 0.2) is 14.8 Å². The first-order valence-electron chi connectivity index (χ1n) is 5.16. The molecule has 2 rings (SSSR count). The number of rotatable bonds is 1. The molecule has 18 heavy (non-hydrogen) atoms. The Hall–Kier alpha value is -0.110. The molecule has 1 aromatic heterocycles. The maximum Gasteiger partial charge on any atom is 0.165 e. The van der Waals surface area contributed by atoms with Crippen LogP contribution in [0.3, 0.4) is 0 Å². The number of hydrogen-bond acceptors (Lipinski definition) is 5. The highest BCUT2D eigenvalue weighted by molar-refractivity contribution is 9.11. The van der Waals surface area contributed by atoms with Crippen molar-refractivity contribution in [3.05, 3.63) is 19.8 Å². The number of nitrogens with two attached hydrogens (primary N) is 1. The molecule has 1 unspecified atom stereocenters. The summed E-state index contributed by atoms with van der Waals surface area (Å²) in [6.45, 7) is 3.15. The van der Waals surface area contributed by atoms with Crippen LogP contribution in [0.5, 0.6) is 0 Å². The zero-order valence-electron chi connectivity index (χ0n) is 9.78. The molecule has 0 amide bonds. The molecular weight excluding hydrogens is 360 g/mol. The van der Waals surface area contributed by atoms with E-state index in [2.05, 4.69) is 20.9 Å². The number of sulfone groups is 1. The van der Waals surface area contributed by atoms with E-state index >= 15 is 0 Å². The van der Waals surface area contributed by atoms with E-state index in [1.54, 1.807) is 19.9 Å². The standard InChI is InChI=1S/C10H12BrClN2O2S2/c1-10(2)9(13)14-6(4-18(10,15)16)8-5(12)3-7(11)17-8/h3,6H,4H2,1-2H3,(H2,13,14). The fourth-order valence-electron chi connectivity index (χ4n) is 1.65. The molecular formula is C10H12BrClN2O2S2. The van der Waals surface area contributed by atoms with Crippen LogP contribution < -0.4 is 5.73 Å². The lowest BCUT2D eigenvalue weighted by Crippen LogP contribution is -2.50. The molecule has 0 saturated heterocycles. The number of aliphatic imine (C=N–C) groups is 1. The van der Waals surface area contributed by atoms with E-state index in [0.29, 0.717) is 5.02 Å². The van der Waals surface area contributed by atoms with Gasteiger partial charge in [-0.15, -0.1) is 11.3 Å². The molecule has 1 aliphatic heterocycles. The molecule has 0 aliphatic carbocycles. The Morgan fingerprint density at radius 1 is 1.61 bits per heavy atom. The van der Waals surface area contributed by atoms with Crippen LogP contribution in [0.1, 0.15) is 24.8 Å². The van der Waals surface area contributed by atoms with Gasteiger partial charge >= 0.3 is 0 Å². The highest BCUT2D eigenvalue weighted by Gasteiger charge is 2.44. The van der Waals surface area contributed by atoms with Crippen molar-refractivity contribution in [1.29, 1.82) is 0 Å². The minimum Gasteiger partial charge on any atom is -0.386 e. The molecule has 0 spiro atoms. The van der Waals surface area contributed by atoms with Crippen LogP contribution >= 0.6 is 38.9 Å². The second-order valence-corrected chi connectivity index (χ2v) is 10.0. The van der Waals surface area contributed by atoms with Gasteiger partial charge in [-0.2, -0.15) is 0 Å². The minimum absolute atomic E-state index is 0.0621. The van der Waals surface area contributed by atoms with Gasteiger partial charge in [-0.1, -0.05) is 11.6 Å². The summed E-state index contributed by atoms with van der Waals surface area (Å²) in [5, 5.41) is 0.517. The van der Waals surface area contributed by atoms with Gasteiger partial charge in [-0.3, -0.25) is 4.99 Å². The Balaban J connectivity index is 2.51. The Kier molecular flexibility index (Phi) is 3.55. The lowest BCUT2D eigenvalue weighted by atomic mass is 10.1. The summed E-state index contributed by atoms with van der Waals surface area (Å²) in [6, 6.07) is 1.23. The van der Waals surface area contributed by atoms with E-state index in [-0.39, 0.29) is 11.6 Å². The third-order valence-electron chi connectivity index (χ3n) is 3.05. The molecule has 1 aromatic rings. The lowest BCUT2D eigenvalue weighted by Gasteiger charge is -2.31. The Morgan fingerprint density at radius 3 is 2.67 bits per heavy atom. The maximum absolute atomic E-state index is 12.2. The molecule has 4 nitrogen and oxygen atoms in total. The molecule has 0 aromatic carbocycles. The summed E-state index contributed by atoms with van der Waals surface area (Å²) in [5.74, 6) is 0.0761. The van der Waals surface area contributed by atoms with E-state index in [4.69, 9.17) is 17.3 Å². The van der Waals surface area contributed by atoms with Gasteiger partial charge in [0, 0.05) is 0 Å². The quantitative estimate of drug-likeness (QED) is 0.825. The number of nitrogens with zero attached hydrogens (tertiary/aromatic N) is 1. The van der Waals surface area contributed by atoms with Gasteiger partial charge in [0.1, 0.15) is 16.6 Å². The van der Waals surface area contributed by atoms with Gasteiger partial charge in [-0.25, -0.2) is 8.42 Å². The molecule has 2 heterocycles. The first kappa shape index (κ1) is 14.3. The predicted octanol–water partition coefficient (Wildman–Crippen LogP) is 2.77. The fraction of sp³-hybridized carbons (Fsp3) is 0.500. The van der Waals surface area contributed by atoms with Crippen molar-refractivity contribution < 1.29 is 8.42 Å². The third kappa shape index (κ3) is 2.21. The van der Waals surface area contributed by atoms with Crippen molar-refractivity contribution in [2.24, 2.45) is 10.7 Å². The SMILES string of the molecule is CC1(C)C(N)=NC(c2sc(Br)cc2Cl)CS1(=O)=O. The zero-order valence-corrected chi connectivity index (χ0v) is 13.8. The Labute approximate surface area is 123 Å². The van der Waals surface area contributed by atoms with Crippen LogP contribution in [0, 0.1) is 0 Å². The van der Waals surface area contributed by atoms with E-state index in [1.165, 1.54) is 11.3 Å². The monoisotopic (exact) mass is 370 g/mol. The molecule has 1 aliphatic rings. The topological polar surface area (TPSA) is 72.5 Å². The summed E-state index contributed by atoms with van der Waals surface area (Å²) >= 11 is 10.8. The van der Waals surface area contributed by atoms with Crippen molar-refractivity contribution >= 4 is 54.5 Å². The molecule has 1 atom stereocenters. The maximum atomic E-state index is 12.2. The summed E-state index contributed by atoms with van der Waals surface area (Å²) in [5.41, 5.74) is 5.79. The fourth-order valence-corrected chi connectivity index (χ4v) is 5.32. The average Bonchev–Trinajstić information content (AvgIpc) is 2.54. The van der Waals surface area contributed by atoms with Crippen LogP contribution in [-0.2, 0) is 9.84 Å². The second-order valence-electron chi connectivity index (χ2n) is 4.58. The summed E-state index contributed by atoms with van der Waals surface area (Å²) in [6.07, 6.45) is 0. The van der Waals surface area contributed by atoms with Crippen molar-refractivity contribution in [2.45, 2.75) is 24.6 Å². The number of hydrogen-bond donors (Lipinski definition) is 1. The summed E-state index contributed by atoms with van der Waals surface area (Å²) < 4.78 is 24.1. The summed E-state index contributed by atoms with van der Waals surface area (Å²) in [4.78, 5) is 5.02. The predicted molar refractivity (Wildman–Crippen MR) is 79.3 cm³/mol. The Bertz CT molecular complexity index is 622. The van der Waals surface area contributed by atoms with Crippen LogP contribution in [-0.4, -0.2) is 24.8 Å². The van der Waals surface area contributed by atoms with Crippen molar-refractivity contribution in [3.63, 3.8) is 0 Å². The Morgan fingerprint density at radius 2 is 2.22 bits per heavy atom. The van der Waals surface area contributed by atoms with Gasteiger partial charge < -0.3 is 5.73 Å². The van der Waals surface area contributed by atoms with Crippen LogP contribution in [0.2, 0.25) is 5.02 Å². The summed E-state index contributed by atoms with van der Waals surface area (Å²) in [7, 11) is -3.34. The number of thiophene rings is 1. The first-order valence-corrected chi connectivity index (χ1v) is 8.80. The molecule has 100 valence electrons. The molecule has 0 fully saturated rings. The molecule has 0 bridgehead atoms. The highest BCUT2D eigenvalue weighted by atomic mass is 79.9. The van der Waals surface area contributed by atoms with E-state index < -0.39 is 20.6 Å². The lowest BCUT2D eigenvalue weighted by molar-refractivity contribution is 0.562.